The van der Waals surface area contributed by atoms with Crippen LogP contribution in [0.15, 0.2) is 59.5 Å². The van der Waals surface area contributed by atoms with Gasteiger partial charge in [-0.15, -0.1) is 0 Å². The molecule has 2 fully saturated rings. The summed E-state index contributed by atoms with van der Waals surface area (Å²) in [6, 6.07) is 15.9. The highest BCUT2D eigenvalue weighted by molar-refractivity contribution is 7.89. The van der Waals surface area contributed by atoms with Gasteiger partial charge < -0.3 is 10.2 Å². The lowest BCUT2D eigenvalue weighted by Gasteiger charge is -2.47. The Balaban J connectivity index is 1.67. The number of nitrogens with zero attached hydrogens (tertiary/aromatic N) is 2. The SMILES string of the molecule is Cc1ccccc1CN1C(=O)CN(S(=O)(=O)c2ccccc2)C[C@@]1(C)C(=O)NC1CCCCCC1. The number of piperazine rings is 1. The number of hydrogen-bond donors (Lipinski definition) is 1. The number of rotatable bonds is 6. The van der Waals surface area contributed by atoms with E-state index in [1.54, 1.807) is 30.0 Å². The summed E-state index contributed by atoms with van der Waals surface area (Å²) >= 11 is 0. The first-order chi connectivity index (χ1) is 16.7. The van der Waals surface area contributed by atoms with Crippen molar-refractivity contribution in [3.05, 3.63) is 65.7 Å². The van der Waals surface area contributed by atoms with Crippen molar-refractivity contribution in [2.24, 2.45) is 0 Å². The Labute approximate surface area is 208 Å². The molecule has 2 amide bonds. The highest BCUT2D eigenvalue weighted by Gasteiger charge is 2.50. The number of benzene rings is 2. The van der Waals surface area contributed by atoms with E-state index in [-0.39, 0.29) is 42.4 Å². The van der Waals surface area contributed by atoms with Crippen LogP contribution in [0, 0.1) is 6.92 Å². The number of nitrogens with one attached hydrogen (secondary N) is 1. The number of aryl methyl sites for hydroxylation is 1. The summed E-state index contributed by atoms with van der Waals surface area (Å²) in [6.45, 7) is 3.52. The average Bonchev–Trinajstić information content (AvgIpc) is 3.11. The first-order valence-corrected chi connectivity index (χ1v) is 13.9. The summed E-state index contributed by atoms with van der Waals surface area (Å²) in [4.78, 5) is 29.0. The molecule has 188 valence electrons. The molecule has 1 saturated heterocycles. The Bertz CT molecular complexity index is 1160. The topological polar surface area (TPSA) is 86.8 Å². The number of carbonyl (C=O) groups is 2. The van der Waals surface area contributed by atoms with Crippen LogP contribution in [0.1, 0.15) is 56.6 Å². The van der Waals surface area contributed by atoms with Gasteiger partial charge in [0.15, 0.2) is 0 Å². The van der Waals surface area contributed by atoms with Crippen LogP contribution in [0.4, 0.5) is 0 Å². The molecule has 0 aromatic heterocycles. The Hall–Kier alpha value is -2.71. The first-order valence-electron chi connectivity index (χ1n) is 12.4. The molecule has 7 nitrogen and oxygen atoms in total. The van der Waals surface area contributed by atoms with Crippen LogP contribution in [0.3, 0.4) is 0 Å². The lowest BCUT2D eigenvalue weighted by Crippen LogP contribution is -2.70. The van der Waals surface area contributed by atoms with E-state index in [9.17, 15) is 18.0 Å². The van der Waals surface area contributed by atoms with Gasteiger partial charge in [0.1, 0.15) is 5.54 Å². The van der Waals surface area contributed by atoms with Gasteiger partial charge in [0, 0.05) is 19.1 Å². The fourth-order valence-electron chi connectivity index (χ4n) is 5.09. The Kier molecular flexibility index (Phi) is 7.62. The first kappa shape index (κ1) is 25.4. The second-order valence-corrected chi connectivity index (χ2v) is 11.9. The van der Waals surface area contributed by atoms with E-state index in [0.717, 1.165) is 54.0 Å². The molecule has 0 bridgehead atoms. The van der Waals surface area contributed by atoms with E-state index in [1.807, 2.05) is 31.2 Å². The molecule has 1 saturated carbocycles. The molecule has 1 N–H and O–H groups in total. The van der Waals surface area contributed by atoms with E-state index >= 15 is 0 Å². The Morgan fingerprint density at radius 3 is 2.29 bits per heavy atom. The predicted molar refractivity (Wildman–Crippen MR) is 135 cm³/mol. The minimum Gasteiger partial charge on any atom is -0.351 e. The molecule has 1 atom stereocenters. The molecule has 35 heavy (non-hydrogen) atoms. The molecule has 8 heteroatoms. The van der Waals surface area contributed by atoms with Crippen LogP contribution in [0.25, 0.3) is 0 Å². The highest BCUT2D eigenvalue weighted by atomic mass is 32.2. The lowest BCUT2D eigenvalue weighted by atomic mass is 9.93. The molecule has 2 aromatic rings. The summed E-state index contributed by atoms with van der Waals surface area (Å²) < 4.78 is 28.0. The Morgan fingerprint density at radius 1 is 1.00 bits per heavy atom. The van der Waals surface area contributed by atoms with Gasteiger partial charge in [-0.2, -0.15) is 4.31 Å². The average molecular weight is 498 g/mol. The van der Waals surface area contributed by atoms with Gasteiger partial charge in [0.2, 0.25) is 21.8 Å². The maximum Gasteiger partial charge on any atom is 0.247 e. The lowest BCUT2D eigenvalue weighted by molar-refractivity contribution is -0.154. The van der Waals surface area contributed by atoms with Crippen molar-refractivity contribution in [2.75, 3.05) is 13.1 Å². The number of sulfonamides is 1. The maximum absolute atomic E-state index is 13.8. The van der Waals surface area contributed by atoms with E-state index in [4.69, 9.17) is 0 Å². The fourth-order valence-corrected chi connectivity index (χ4v) is 6.59. The van der Waals surface area contributed by atoms with Crippen LogP contribution < -0.4 is 5.32 Å². The van der Waals surface area contributed by atoms with E-state index in [0.29, 0.717) is 0 Å². The summed E-state index contributed by atoms with van der Waals surface area (Å²) in [5.74, 6) is -0.670. The minimum atomic E-state index is -3.94. The maximum atomic E-state index is 13.8. The Morgan fingerprint density at radius 2 is 1.63 bits per heavy atom. The van der Waals surface area contributed by atoms with Gasteiger partial charge >= 0.3 is 0 Å². The molecule has 0 radical (unpaired) electrons. The van der Waals surface area contributed by atoms with Crippen molar-refractivity contribution in [1.29, 1.82) is 0 Å². The van der Waals surface area contributed by atoms with Crippen molar-refractivity contribution >= 4 is 21.8 Å². The van der Waals surface area contributed by atoms with Crippen molar-refractivity contribution in [1.82, 2.24) is 14.5 Å². The number of hydrogen-bond acceptors (Lipinski definition) is 4. The predicted octanol–water partition coefficient (Wildman–Crippen LogP) is 3.63. The third-order valence-corrected chi connectivity index (χ3v) is 9.15. The van der Waals surface area contributed by atoms with E-state index in [2.05, 4.69) is 5.32 Å². The molecule has 4 rings (SSSR count). The zero-order chi connectivity index (χ0) is 25.1. The summed E-state index contributed by atoms with van der Waals surface area (Å²) in [5, 5.41) is 3.18. The van der Waals surface area contributed by atoms with Gasteiger partial charge in [-0.3, -0.25) is 9.59 Å². The van der Waals surface area contributed by atoms with Gasteiger partial charge in [0.25, 0.3) is 0 Å². The summed E-state index contributed by atoms with van der Waals surface area (Å²) in [7, 11) is -3.94. The fraction of sp³-hybridized carbons (Fsp3) is 0.481. The van der Waals surface area contributed by atoms with E-state index in [1.165, 1.54) is 12.1 Å². The molecule has 2 aromatic carbocycles. The molecule has 0 unspecified atom stereocenters. The van der Waals surface area contributed by atoms with Crippen LogP contribution in [0.2, 0.25) is 0 Å². The standard InChI is InChI=1S/C27H35N3O4S/c1-21-12-10-11-13-22(21)18-30-25(31)19-29(35(33,34)24-16-8-5-9-17-24)20-27(30,2)26(32)28-23-14-6-3-4-7-15-23/h5,8-13,16-17,23H,3-4,6-7,14-15,18-20H2,1-2H3,(H,28,32)/t27-/m0/s1. The highest BCUT2D eigenvalue weighted by Crippen LogP contribution is 2.30. The zero-order valence-corrected chi connectivity index (χ0v) is 21.4. The van der Waals surface area contributed by atoms with Gasteiger partial charge in [-0.25, -0.2) is 8.42 Å². The molecule has 1 aliphatic heterocycles. The molecular weight excluding hydrogens is 462 g/mol. The summed E-state index contributed by atoms with van der Waals surface area (Å²) in [5.41, 5.74) is 0.617. The summed E-state index contributed by atoms with van der Waals surface area (Å²) in [6.07, 6.45) is 6.23. The normalized spacial score (nSPS) is 22.6. The van der Waals surface area contributed by atoms with Crippen LogP contribution in [-0.2, 0) is 26.2 Å². The van der Waals surface area contributed by atoms with Crippen LogP contribution in [-0.4, -0.2) is 54.1 Å². The smallest absolute Gasteiger partial charge is 0.247 e. The number of carbonyl (C=O) groups excluding carboxylic acids is 2. The van der Waals surface area contributed by atoms with Crippen molar-refractivity contribution in [3.8, 4) is 0 Å². The van der Waals surface area contributed by atoms with E-state index < -0.39 is 15.6 Å². The molecular formula is C27H35N3O4S. The third-order valence-electron chi connectivity index (χ3n) is 7.34. The largest absolute Gasteiger partial charge is 0.351 e. The van der Waals surface area contributed by atoms with Crippen molar-refractivity contribution in [3.63, 3.8) is 0 Å². The zero-order valence-electron chi connectivity index (χ0n) is 20.6. The quantitative estimate of drug-likeness (QED) is 0.618. The van der Waals surface area contributed by atoms with Crippen LogP contribution in [0.5, 0.6) is 0 Å². The molecule has 0 spiro atoms. The molecule has 1 aliphatic carbocycles. The van der Waals surface area contributed by atoms with Gasteiger partial charge in [-0.05, 0) is 49.9 Å². The number of amides is 2. The van der Waals surface area contributed by atoms with Gasteiger partial charge in [-0.1, -0.05) is 68.1 Å². The second-order valence-electron chi connectivity index (χ2n) is 9.93. The minimum absolute atomic E-state index is 0.0401. The van der Waals surface area contributed by atoms with Gasteiger partial charge in [0.05, 0.1) is 11.4 Å². The van der Waals surface area contributed by atoms with Crippen LogP contribution >= 0.6 is 0 Å². The van der Waals surface area contributed by atoms with Crippen molar-refractivity contribution in [2.45, 2.75) is 75.4 Å². The second kappa shape index (κ2) is 10.5. The molecule has 1 heterocycles. The molecule has 2 aliphatic rings. The van der Waals surface area contributed by atoms with Crippen molar-refractivity contribution < 1.29 is 18.0 Å². The third kappa shape index (κ3) is 5.43. The monoisotopic (exact) mass is 497 g/mol.